The minimum Gasteiger partial charge on any atom is -0.462 e. The largest absolute Gasteiger partial charge is 0.462 e. The lowest BCUT2D eigenvalue weighted by molar-refractivity contribution is -0.167. The highest BCUT2D eigenvalue weighted by molar-refractivity contribution is 5.71. The molecule has 0 aliphatic carbocycles. The summed E-state index contributed by atoms with van der Waals surface area (Å²) in [7, 11) is 0. The van der Waals surface area contributed by atoms with Crippen molar-refractivity contribution in [3.63, 3.8) is 0 Å². The second-order valence-electron chi connectivity index (χ2n) is 22.7. The highest BCUT2D eigenvalue weighted by Crippen LogP contribution is 2.17. The Morgan fingerprint density at radius 1 is 0.266 bits per heavy atom. The first-order chi connectivity index (χ1) is 39.0. The SMILES string of the molecule is CC/C=C\C/C=C\C/C=C\C/C=C\CCCCCCCCCCCCCCCCCCC(=O)OCC(COC(=O)CCCCCCC)OC(=O)CCCCCCCCCCCCCC/C=C\C/C=C\C/C=C\CCCCCCC. The number of esters is 3. The second-order valence-corrected chi connectivity index (χ2v) is 22.7. The topological polar surface area (TPSA) is 78.9 Å². The van der Waals surface area contributed by atoms with Crippen LogP contribution in [0.3, 0.4) is 0 Å². The number of rotatable bonds is 62. The number of hydrogen-bond donors (Lipinski definition) is 0. The molecule has 0 saturated heterocycles. The molecule has 0 fully saturated rings. The quantitative estimate of drug-likeness (QED) is 0.0261. The standard InChI is InChI=1S/C73H128O6/c1-4-7-10-13-15-17-19-21-23-25-27-29-31-33-35-36-38-39-41-43-45-47-49-51-53-55-57-60-63-66-72(75)78-69-70(68-77-71(74)65-62-59-12-9-6-3)79-73(76)67-64-61-58-56-54-52-50-48-46-44-42-40-37-34-32-30-28-26-24-22-20-18-16-14-11-8-5-2/h7,10,15,17,20-23,26-29,32,34,70H,4-6,8-9,11-14,16,18-19,24-25,30-31,33,35-69H2,1-3H3/b10-7-,17-15-,22-20-,23-21-,28-26-,29-27-,34-32-. The molecule has 0 aromatic rings. The Balaban J connectivity index is 3.99. The fourth-order valence-corrected chi connectivity index (χ4v) is 9.80. The summed E-state index contributed by atoms with van der Waals surface area (Å²) in [4.78, 5) is 38.0. The zero-order valence-corrected chi connectivity index (χ0v) is 52.4. The van der Waals surface area contributed by atoms with E-state index in [4.69, 9.17) is 14.2 Å². The van der Waals surface area contributed by atoms with E-state index in [0.29, 0.717) is 19.3 Å². The number of unbranched alkanes of at least 4 members (excludes halogenated alkanes) is 37. The third-order valence-electron chi connectivity index (χ3n) is 14.9. The van der Waals surface area contributed by atoms with Crippen LogP contribution in [0, 0.1) is 0 Å². The minimum atomic E-state index is -0.773. The molecule has 0 aromatic carbocycles. The normalized spacial score (nSPS) is 12.6. The summed E-state index contributed by atoms with van der Waals surface area (Å²) in [5, 5.41) is 0. The van der Waals surface area contributed by atoms with Crippen LogP contribution in [0.4, 0.5) is 0 Å². The summed E-state index contributed by atoms with van der Waals surface area (Å²) in [6, 6.07) is 0. The molecule has 0 saturated carbocycles. The first-order valence-electron chi connectivity index (χ1n) is 34.1. The van der Waals surface area contributed by atoms with Crippen LogP contribution >= 0.6 is 0 Å². The van der Waals surface area contributed by atoms with Gasteiger partial charge in [0, 0.05) is 19.3 Å². The van der Waals surface area contributed by atoms with Gasteiger partial charge in [-0.15, -0.1) is 0 Å². The Hall–Kier alpha value is -3.41. The van der Waals surface area contributed by atoms with Gasteiger partial charge < -0.3 is 14.2 Å². The van der Waals surface area contributed by atoms with Gasteiger partial charge in [0.25, 0.3) is 0 Å². The molecular formula is C73H128O6. The predicted molar refractivity (Wildman–Crippen MR) is 344 cm³/mol. The fourth-order valence-electron chi connectivity index (χ4n) is 9.80. The maximum atomic E-state index is 12.9. The van der Waals surface area contributed by atoms with Crippen molar-refractivity contribution in [1.82, 2.24) is 0 Å². The molecule has 6 nitrogen and oxygen atoms in total. The molecule has 1 atom stereocenters. The summed E-state index contributed by atoms with van der Waals surface area (Å²) in [5.41, 5.74) is 0. The third-order valence-corrected chi connectivity index (χ3v) is 14.9. The highest BCUT2D eigenvalue weighted by Gasteiger charge is 2.19. The van der Waals surface area contributed by atoms with Crippen molar-refractivity contribution in [1.29, 1.82) is 0 Å². The first-order valence-corrected chi connectivity index (χ1v) is 34.1. The Labute approximate surface area is 490 Å². The lowest BCUT2D eigenvalue weighted by atomic mass is 10.0. The lowest BCUT2D eigenvalue weighted by Gasteiger charge is -2.18. The van der Waals surface area contributed by atoms with Crippen LogP contribution in [-0.4, -0.2) is 37.2 Å². The average Bonchev–Trinajstić information content (AvgIpc) is 3.45. The lowest BCUT2D eigenvalue weighted by Crippen LogP contribution is -2.30. The van der Waals surface area contributed by atoms with Crippen molar-refractivity contribution >= 4 is 17.9 Å². The van der Waals surface area contributed by atoms with Gasteiger partial charge in [0.1, 0.15) is 13.2 Å². The molecule has 0 spiro atoms. The number of ether oxygens (including phenoxy) is 3. The molecule has 0 bridgehead atoms. The number of allylic oxidation sites excluding steroid dienone is 14. The molecular weight excluding hydrogens is 973 g/mol. The molecule has 1 unspecified atom stereocenters. The van der Waals surface area contributed by atoms with Crippen molar-refractivity contribution in [2.24, 2.45) is 0 Å². The van der Waals surface area contributed by atoms with E-state index in [1.54, 1.807) is 0 Å². The summed E-state index contributed by atoms with van der Waals surface area (Å²) < 4.78 is 16.8. The van der Waals surface area contributed by atoms with Crippen molar-refractivity contribution in [2.75, 3.05) is 13.2 Å². The maximum Gasteiger partial charge on any atom is 0.306 e. The summed E-state index contributed by atoms with van der Waals surface area (Å²) in [6.45, 7) is 6.47. The molecule has 0 aliphatic heterocycles. The van der Waals surface area contributed by atoms with Crippen LogP contribution in [0.2, 0.25) is 0 Å². The molecule has 0 heterocycles. The van der Waals surface area contributed by atoms with E-state index in [0.717, 1.165) is 103 Å². The summed E-state index contributed by atoms with van der Waals surface area (Å²) in [5.74, 6) is -0.875. The second kappa shape index (κ2) is 67.1. The molecule has 456 valence electrons. The maximum absolute atomic E-state index is 12.9. The van der Waals surface area contributed by atoms with Gasteiger partial charge >= 0.3 is 17.9 Å². The van der Waals surface area contributed by atoms with Crippen LogP contribution < -0.4 is 0 Å². The summed E-state index contributed by atoms with van der Waals surface area (Å²) >= 11 is 0. The van der Waals surface area contributed by atoms with E-state index in [1.165, 1.54) is 199 Å². The van der Waals surface area contributed by atoms with Crippen LogP contribution in [-0.2, 0) is 28.6 Å². The van der Waals surface area contributed by atoms with E-state index in [1.807, 2.05) is 0 Å². The van der Waals surface area contributed by atoms with E-state index in [2.05, 4.69) is 106 Å². The predicted octanol–water partition coefficient (Wildman–Crippen LogP) is 23.4. The van der Waals surface area contributed by atoms with Gasteiger partial charge in [-0.2, -0.15) is 0 Å². The zero-order valence-electron chi connectivity index (χ0n) is 52.4. The molecule has 0 radical (unpaired) electrons. The number of carbonyl (C=O) groups excluding carboxylic acids is 3. The smallest absolute Gasteiger partial charge is 0.306 e. The van der Waals surface area contributed by atoms with Gasteiger partial charge in [-0.1, -0.05) is 311 Å². The molecule has 0 N–H and O–H groups in total. The molecule has 0 amide bonds. The molecule has 0 aromatic heterocycles. The monoisotopic (exact) mass is 1100 g/mol. The first kappa shape index (κ1) is 75.6. The molecule has 0 aliphatic rings. The van der Waals surface area contributed by atoms with Crippen LogP contribution in [0.15, 0.2) is 85.1 Å². The Morgan fingerprint density at radius 2 is 0.494 bits per heavy atom. The van der Waals surface area contributed by atoms with Gasteiger partial charge in [0.05, 0.1) is 0 Å². The molecule has 6 heteroatoms. The van der Waals surface area contributed by atoms with E-state index in [-0.39, 0.29) is 31.1 Å². The summed E-state index contributed by atoms with van der Waals surface area (Å²) in [6.07, 6.45) is 89.4. The van der Waals surface area contributed by atoms with Gasteiger partial charge in [-0.25, -0.2) is 0 Å². The Bertz CT molecular complexity index is 1500. The molecule has 79 heavy (non-hydrogen) atoms. The highest BCUT2D eigenvalue weighted by atomic mass is 16.6. The molecule has 0 rings (SSSR count). The average molecular weight is 1100 g/mol. The van der Waals surface area contributed by atoms with Crippen LogP contribution in [0.5, 0.6) is 0 Å². The fraction of sp³-hybridized carbons (Fsp3) is 0.767. The Kier molecular flexibility index (Phi) is 64.2. The van der Waals surface area contributed by atoms with Crippen molar-refractivity contribution < 1.29 is 28.6 Å². The van der Waals surface area contributed by atoms with E-state index < -0.39 is 6.10 Å². The van der Waals surface area contributed by atoms with E-state index in [9.17, 15) is 14.4 Å². The van der Waals surface area contributed by atoms with Crippen molar-refractivity contribution in [3.05, 3.63) is 85.1 Å². The van der Waals surface area contributed by atoms with E-state index >= 15 is 0 Å². The van der Waals surface area contributed by atoms with Crippen LogP contribution in [0.25, 0.3) is 0 Å². The number of hydrogen-bond acceptors (Lipinski definition) is 6. The van der Waals surface area contributed by atoms with Crippen molar-refractivity contribution in [2.45, 2.75) is 348 Å². The van der Waals surface area contributed by atoms with Crippen LogP contribution in [0.1, 0.15) is 342 Å². The van der Waals surface area contributed by atoms with Gasteiger partial charge in [0.2, 0.25) is 0 Å². The van der Waals surface area contributed by atoms with Gasteiger partial charge in [-0.3, -0.25) is 14.4 Å². The van der Waals surface area contributed by atoms with Gasteiger partial charge in [-0.05, 0) is 96.3 Å². The van der Waals surface area contributed by atoms with Crippen molar-refractivity contribution in [3.8, 4) is 0 Å². The number of carbonyl (C=O) groups is 3. The zero-order chi connectivity index (χ0) is 57.1. The minimum absolute atomic E-state index is 0.0740. The Morgan fingerprint density at radius 3 is 0.772 bits per heavy atom. The third kappa shape index (κ3) is 65.3. The van der Waals surface area contributed by atoms with Gasteiger partial charge in [0.15, 0.2) is 6.10 Å².